The van der Waals surface area contributed by atoms with Crippen molar-refractivity contribution in [2.75, 3.05) is 26.6 Å². The van der Waals surface area contributed by atoms with E-state index >= 15 is 0 Å². The summed E-state index contributed by atoms with van der Waals surface area (Å²) in [5.74, 6) is 1.96. The minimum atomic E-state index is -0.0304. The van der Waals surface area contributed by atoms with Crippen LogP contribution in [-0.4, -0.2) is 48.7 Å². The van der Waals surface area contributed by atoms with Gasteiger partial charge in [-0.25, -0.2) is 0 Å². The molecule has 0 unspecified atom stereocenters. The van der Waals surface area contributed by atoms with Crippen molar-refractivity contribution in [2.45, 2.75) is 27.4 Å². The lowest BCUT2D eigenvalue weighted by molar-refractivity contribution is -0.119. The molecular weight excluding hydrogens is 378 g/mol. The lowest BCUT2D eigenvalue weighted by Gasteiger charge is -2.11. The molecule has 0 aliphatic carbocycles. The first kappa shape index (κ1) is 20.0. The summed E-state index contributed by atoms with van der Waals surface area (Å²) in [6, 6.07) is 7.96. The van der Waals surface area contributed by atoms with Gasteiger partial charge in [0, 0.05) is 18.9 Å². The molecule has 25 heavy (non-hydrogen) atoms. The fraction of sp³-hybridized carbons (Fsp3) is 0.438. The van der Waals surface area contributed by atoms with E-state index in [9.17, 15) is 4.79 Å². The fourth-order valence-corrected chi connectivity index (χ4v) is 4.70. The summed E-state index contributed by atoms with van der Waals surface area (Å²) < 4.78 is 11.8. The summed E-state index contributed by atoms with van der Waals surface area (Å²) in [6.45, 7) is 2.41. The number of carbonyl (C=O) groups is 1. The van der Waals surface area contributed by atoms with E-state index in [0.717, 1.165) is 20.2 Å². The van der Waals surface area contributed by atoms with E-state index in [-0.39, 0.29) is 11.9 Å². The average Bonchev–Trinajstić information content (AvgIpc) is 3.07. The number of benzene rings is 1. The quantitative estimate of drug-likeness (QED) is 0.616. The molecule has 9 heteroatoms. The third-order valence-corrected chi connectivity index (χ3v) is 6.32. The fourth-order valence-electron chi connectivity index (χ4n) is 1.92. The number of nitrogens with one attached hydrogen (secondary N) is 1. The summed E-state index contributed by atoms with van der Waals surface area (Å²) in [5, 5.41) is 11.2. The normalized spacial score (nSPS) is 12.0. The molecule has 0 radical (unpaired) electrons. The Balaban J connectivity index is 1.74. The number of amides is 1. The second-order valence-electron chi connectivity index (χ2n) is 5.18. The van der Waals surface area contributed by atoms with Crippen LogP contribution < -0.4 is 10.1 Å². The topological polar surface area (TPSA) is 73.3 Å². The van der Waals surface area contributed by atoms with Crippen LogP contribution in [0.15, 0.2) is 32.9 Å². The van der Waals surface area contributed by atoms with Gasteiger partial charge in [0.1, 0.15) is 5.75 Å². The van der Waals surface area contributed by atoms with Gasteiger partial charge in [-0.1, -0.05) is 47.0 Å². The highest BCUT2D eigenvalue weighted by molar-refractivity contribution is 8.03. The first-order valence-corrected chi connectivity index (χ1v) is 10.4. The van der Waals surface area contributed by atoms with Crippen molar-refractivity contribution in [3.63, 3.8) is 0 Å². The van der Waals surface area contributed by atoms with Crippen LogP contribution >= 0.6 is 34.9 Å². The van der Waals surface area contributed by atoms with E-state index in [2.05, 4.69) is 15.5 Å². The standard InChI is InChI=1S/C16H21N3O3S3/c1-11(8-21-2)17-14(20)10-24-16-19-18-15(25-16)23-9-12-4-6-13(22-3)7-5-12/h4-7,11H,8-10H2,1-3H3,(H,17,20)/t11-/m0/s1. The number of rotatable bonds is 10. The zero-order valence-electron chi connectivity index (χ0n) is 14.4. The van der Waals surface area contributed by atoms with Gasteiger partial charge in [0.05, 0.1) is 19.5 Å². The van der Waals surface area contributed by atoms with Gasteiger partial charge in [-0.2, -0.15) is 0 Å². The molecule has 1 N–H and O–H groups in total. The van der Waals surface area contributed by atoms with Crippen LogP contribution in [0, 0.1) is 0 Å². The number of ether oxygens (including phenoxy) is 2. The van der Waals surface area contributed by atoms with Crippen molar-refractivity contribution in [1.82, 2.24) is 15.5 Å². The molecule has 0 aliphatic heterocycles. The van der Waals surface area contributed by atoms with Gasteiger partial charge in [0.15, 0.2) is 8.68 Å². The molecule has 0 aliphatic rings. The molecule has 0 bridgehead atoms. The van der Waals surface area contributed by atoms with Crippen LogP contribution in [0.2, 0.25) is 0 Å². The highest BCUT2D eigenvalue weighted by atomic mass is 32.2. The van der Waals surface area contributed by atoms with E-state index < -0.39 is 0 Å². The number of carbonyl (C=O) groups excluding carboxylic acids is 1. The van der Waals surface area contributed by atoms with Crippen molar-refractivity contribution in [3.05, 3.63) is 29.8 Å². The molecular formula is C16H21N3O3S3. The van der Waals surface area contributed by atoms with Crippen molar-refractivity contribution in [3.8, 4) is 5.75 Å². The molecule has 1 atom stereocenters. The summed E-state index contributed by atoms with van der Waals surface area (Å²) >= 11 is 4.54. The molecule has 1 aromatic heterocycles. The summed E-state index contributed by atoms with van der Waals surface area (Å²) in [6.07, 6.45) is 0. The summed E-state index contributed by atoms with van der Waals surface area (Å²) in [7, 11) is 3.27. The van der Waals surface area contributed by atoms with E-state index in [1.165, 1.54) is 28.7 Å². The van der Waals surface area contributed by atoms with Crippen LogP contribution in [0.5, 0.6) is 5.75 Å². The molecule has 2 aromatic rings. The van der Waals surface area contributed by atoms with Gasteiger partial charge in [-0.15, -0.1) is 10.2 Å². The molecule has 1 amide bonds. The maximum atomic E-state index is 11.8. The number of methoxy groups -OCH3 is 2. The SMILES string of the molecule is COC[C@H](C)NC(=O)CSc1nnc(SCc2ccc(OC)cc2)s1. The Bertz CT molecular complexity index is 664. The van der Waals surface area contributed by atoms with Crippen molar-refractivity contribution < 1.29 is 14.3 Å². The number of hydrogen-bond acceptors (Lipinski definition) is 8. The zero-order chi connectivity index (χ0) is 18.1. The first-order chi connectivity index (χ1) is 12.1. The van der Waals surface area contributed by atoms with E-state index in [1.807, 2.05) is 31.2 Å². The Morgan fingerprint density at radius 1 is 1.20 bits per heavy atom. The molecule has 1 heterocycles. The highest BCUT2D eigenvalue weighted by Crippen LogP contribution is 2.30. The second-order valence-corrected chi connectivity index (χ2v) is 8.61. The maximum Gasteiger partial charge on any atom is 0.230 e. The molecule has 6 nitrogen and oxygen atoms in total. The molecule has 0 saturated heterocycles. The number of thioether (sulfide) groups is 2. The predicted molar refractivity (Wildman–Crippen MR) is 103 cm³/mol. The van der Waals surface area contributed by atoms with Crippen molar-refractivity contribution in [1.29, 1.82) is 0 Å². The Hall–Kier alpha value is -1.29. The molecule has 2 rings (SSSR count). The lowest BCUT2D eigenvalue weighted by Crippen LogP contribution is -2.36. The van der Waals surface area contributed by atoms with Crippen LogP contribution in [-0.2, 0) is 15.3 Å². The number of nitrogens with zero attached hydrogens (tertiary/aromatic N) is 2. The smallest absolute Gasteiger partial charge is 0.230 e. The predicted octanol–water partition coefficient (Wildman–Crippen LogP) is 3.08. The Kier molecular flexibility index (Phi) is 8.53. The molecule has 0 saturated carbocycles. The summed E-state index contributed by atoms with van der Waals surface area (Å²) in [5.41, 5.74) is 1.20. The van der Waals surface area contributed by atoms with Gasteiger partial charge in [-0.05, 0) is 24.6 Å². The second kappa shape index (κ2) is 10.6. The maximum absolute atomic E-state index is 11.8. The number of aromatic nitrogens is 2. The van der Waals surface area contributed by atoms with Gasteiger partial charge in [0.25, 0.3) is 0 Å². The molecule has 136 valence electrons. The molecule has 0 fully saturated rings. The molecule has 1 aromatic carbocycles. The Morgan fingerprint density at radius 3 is 2.52 bits per heavy atom. The van der Waals surface area contributed by atoms with E-state index in [4.69, 9.17) is 9.47 Å². The van der Waals surface area contributed by atoms with Crippen LogP contribution in [0.3, 0.4) is 0 Å². The highest BCUT2D eigenvalue weighted by Gasteiger charge is 2.11. The van der Waals surface area contributed by atoms with E-state index in [0.29, 0.717) is 12.4 Å². The summed E-state index contributed by atoms with van der Waals surface area (Å²) in [4.78, 5) is 11.8. The number of hydrogen-bond donors (Lipinski definition) is 1. The van der Waals surface area contributed by atoms with Gasteiger partial charge in [0.2, 0.25) is 5.91 Å². The lowest BCUT2D eigenvalue weighted by atomic mass is 10.2. The zero-order valence-corrected chi connectivity index (χ0v) is 16.8. The minimum Gasteiger partial charge on any atom is -0.497 e. The average molecular weight is 400 g/mol. The molecule has 0 spiro atoms. The largest absolute Gasteiger partial charge is 0.497 e. The third-order valence-electron chi connectivity index (χ3n) is 3.06. The van der Waals surface area contributed by atoms with E-state index in [1.54, 1.807) is 26.0 Å². The first-order valence-electron chi connectivity index (χ1n) is 7.61. The van der Waals surface area contributed by atoms with Crippen LogP contribution in [0.1, 0.15) is 12.5 Å². The van der Waals surface area contributed by atoms with Crippen molar-refractivity contribution >= 4 is 40.8 Å². The van der Waals surface area contributed by atoms with Gasteiger partial charge >= 0.3 is 0 Å². The monoisotopic (exact) mass is 399 g/mol. The Morgan fingerprint density at radius 2 is 1.88 bits per heavy atom. The minimum absolute atomic E-state index is 0.00290. The Labute approximate surface area is 160 Å². The van der Waals surface area contributed by atoms with Gasteiger partial charge in [-0.3, -0.25) is 4.79 Å². The van der Waals surface area contributed by atoms with Gasteiger partial charge < -0.3 is 14.8 Å². The van der Waals surface area contributed by atoms with Crippen LogP contribution in [0.25, 0.3) is 0 Å². The third kappa shape index (κ3) is 7.23. The van der Waals surface area contributed by atoms with Crippen molar-refractivity contribution in [2.24, 2.45) is 0 Å². The van der Waals surface area contributed by atoms with Crippen LogP contribution in [0.4, 0.5) is 0 Å².